The van der Waals surface area contributed by atoms with Crippen molar-refractivity contribution in [1.82, 2.24) is 8.75 Å². The van der Waals surface area contributed by atoms with Gasteiger partial charge in [0.15, 0.2) is 11.0 Å². The summed E-state index contributed by atoms with van der Waals surface area (Å²) in [5.41, 5.74) is 0.579. The Kier molecular flexibility index (Phi) is 3.31. The van der Waals surface area contributed by atoms with Crippen molar-refractivity contribution in [2.45, 2.75) is 0 Å². The van der Waals surface area contributed by atoms with Crippen molar-refractivity contribution in [1.29, 1.82) is 0 Å². The summed E-state index contributed by atoms with van der Waals surface area (Å²) in [6.45, 7) is 0. The molecule has 7 heteroatoms. The molecule has 1 aromatic heterocycles. The number of halogens is 3. The predicted molar refractivity (Wildman–Crippen MR) is 64.7 cm³/mol. The molecule has 0 radical (unpaired) electrons. The topological polar surface area (TPSA) is 37.8 Å². The molecule has 0 bridgehead atoms. The molecule has 0 spiro atoms. The average molecular weight is 281 g/mol. The quantitative estimate of drug-likeness (QED) is 0.894. The SMILES string of the molecule is Clc1cccc(Cl)c1Nc1nsnc1Cl. The Morgan fingerprint density at radius 1 is 1.07 bits per heavy atom. The Labute approximate surface area is 105 Å². The lowest BCUT2D eigenvalue weighted by Gasteiger charge is -2.07. The summed E-state index contributed by atoms with van der Waals surface area (Å²) in [6, 6.07) is 5.21. The van der Waals surface area contributed by atoms with Crippen LogP contribution >= 0.6 is 46.5 Å². The molecule has 3 nitrogen and oxygen atoms in total. The lowest BCUT2D eigenvalue weighted by atomic mass is 10.3. The molecule has 15 heavy (non-hydrogen) atoms. The third-order valence-corrected chi connectivity index (χ3v) is 3.18. The second kappa shape index (κ2) is 4.53. The van der Waals surface area contributed by atoms with E-state index in [4.69, 9.17) is 34.8 Å². The lowest BCUT2D eigenvalue weighted by Crippen LogP contribution is -1.92. The minimum Gasteiger partial charge on any atom is -0.334 e. The van der Waals surface area contributed by atoms with E-state index in [-0.39, 0.29) is 0 Å². The van der Waals surface area contributed by atoms with Gasteiger partial charge >= 0.3 is 0 Å². The minimum absolute atomic E-state index is 0.302. The monoisotopic (exact) mass is 279 g/mol. The third kappa shape index (κ3) is 2.34. The first-order valence-electron chi connectivity index (χ1n) is 3.87. The van der Waals surface area contributed by atoms with Crippen molar-refractivity contribution in [3.8, 4) is 0 Å². The van der Waals surface area contributed by atoms with E-state index in [2.05, 4.69) is 14.1 Å². The first kappa shape index (κ1) is 11.0. The van der Waals surface area contributed by atoms with E-state index in [1.165, 1.54) is 0 Å². The van der Waals surface area contributed by atoms with Crippen molar-refractivity contribution in [3.05, 3.63) is 33.4 Å². The van der Waals surface area contributed by atoms with Gasteiger partial charge in [0.1, 0.15) is 0 Å². The highest BCUT2D eigenvalue weighted by Gasteiger charge is 2.10. The maximum absolute atomic E-state index is 5.96. The number of hydrogen-bond acceptors (Lipinski definition) is 4. The summed E-state index contributed by atoms with van der Waals surface area (Å²) >= 11 is 18.7. The van der Waals surface area contributed by atoms with Gasteiger partial charge in [0.05, 0.1) is 27.5 Å². The minimum atomic E-state index is 0.302. The maximum Gasteiger partial charge on any atom is 0.187 e. The van der Waals surface area contributed by atoms with Gasteiger partial charge in [0.2, 0.25) is 0 Å². The van der Waals surface area contributed by atoms with E-state index >= 15 is 0 Å². The van der Waals surface area contributed by atoms with Crippen LogP contribution in [0.2, 0.25) is 15.2 Å². The Morgan fingerprint density at radius 3 is 2.27 bits per heavy atom. The number of nitrogens with one attached hydrogen (secondary N) is 1. The summed E-state index contributed by atoms with van der Waals surface area (Å²) in [5.74, 6) is 0.455. The molecule has 78 valence electrons. The molecule has 0 saturated carbocycles. The van der Waals surface area contributed by atoms with E-state index < -0.39 is 0 Å². The van der Waals surface area contributed by atoms with Crippen molar-refractivity contribution < 1.29 is 0 Å². The zero-order valence-corrected chi connectivity index (χ0v) is 10.3. The number of rotatable bonds is 2. The van der Waals surface area contributed by atoms with Gasteiger partial charge in [-0.1, -0.05) is 40.9 Å². The smallest absolute Gasteiger partial charge is 0.187 e. The van der Waals surface area contributed by atoms with Crippen LogP contribution in [0.5, 0.6) is 0 Å². The third-order valence-electron chi connectivity index (χ3n) is 1.65. The molecule has 0 amide bonds. The van der Waals surface area contributed by atoms with Crippen LogP contribution in [-0.2, 0) is 0 Å². The van der Waals surface area contributed by atoms with E-state index in [9.17, 15) is 0 Å². The normalized spacial score (nSPS) is 10.3. The van der Waals surface area contributed by atoms with Gasteiger partial charge < -0.3 is 5.32 Å². The Morgan fingerprint density at radius 2 is 1.73 bits per heavy atom. The lowest BCUT2D eigenvalue weighted by molar-refractivity contribution is 1.45. The number of nitrogens with zero attached hydrogens (tertiary/aromatic N) is 2. The molecule has 2 aromatic rings. The fraction of sp³-hybridized carbons (Fsp3) is 0. The molecule has 0 fully saturated rings. The van der Waals surface area contributed by atoms with Crippen LogP contribution in [0.4, 0.5) is 11.5 Å². The van der Waals surface area contributed by atoms with Crippen LogP contribution in [0, 0.1) is 0 Å². The van der Waals surface area contributed by atoms with Gasteiger partial charge in [0, 0.05) is 0 Å². The van der Waals surface area contributed by atoms with Gasteiger partial charge in [0.25, 0.3) is 0 Å². The Bertz CT molecular complexity index is 465. The van der Waals surface area contributed by atoms with Crippen LogP contribution in [0.1, 0.15) is 0 Å². The molecule has 0 saturated heterocycles. The van der Waals surface area contributed by atoms with Crippen molar-refractivity contribution >= 4 is 58.0 Å². The largest absolute Gasteiger partial charge is 0.334 e. The highest BCUT2D eigenvalue weighted by molar-refractivity contribution is 6.99. The maximum atomic E-state index is 5.96. The molecule has 0 atom stereocenters. The van der Waals surface area contributed by atoms with E-state index in [1.54, 1.807) is 18.2 Å². The van der Waals surface area contributed by atoms with Crippen molar-refractivity contribution in [3.63, 3.8) is 0 Å². The van der Waals surface area contributed by atoms with Crippen molar-refractivity contribution in [2.75, 3.05) is 5.32 Å². The molecule has 1 aromatic carbocycles. The highest BCUT2D eigenvalue weighted by Crippen LogP contribution is 2.33. The molecule has 1 heterocycles. The Hall–Kier alpha value is -0.550. The number of hydrogen-bond donors (Lipinski definition) is 1. The first-order chi connectivity index (χ1) is 7.18. The fourth-order valence-corrected chi connectivity index (χ4v) is 2.12. The molecule has 0 unspecified atom stereocenters. The fourth-order valence-electron chi connectivity index (χ4n) is 0.988. The molecule has 1 N–H and O–H groups in total. The molecule has 0 aliphatic heterocycles. The number of para-hydroxylation sites is 1. The number of anilines is 2. The summed E-state index contributed by atoms with van der Waals surface area (Å²) in [5, 5.41) is 4.24. The van der Waals surface area contributed by atoms with Crippen LogP contribution < -0.4 is 5.32 Å². The zero-order valence-electron chi connectivity index (χ0n) is 7.17. The predicted octanol–water partition coefficient (Wildman–Crippen LogP) is 4.24. The average Bonchev–Trinajstić information content (AvgIpc) is 2.58. The van der Waals surface area contributed by atoms with Crippen molar-refractivity contribution in [2.24, 2.45) is 0 Å². The van der Waals surface area contributed by atoms with E-state index in [1.807, 2.05) is 0 Å². The molecule has 0 aliphatic rings. The van der Waals surface area contributed by atoms with Crippen LogP contribution in [0.3, 0.4) is 0 Å². The molecular weight excluding hydrogens is 277 g/mol. The summed E-state index contributed by atoms with van der Waals surface area (Å²) in [6.07, 6.45) is 0. The van der Waals surface area contributed by atoms with Gasteiger partial charge in [-0.15, -0.1) is 0 Å². The highest BCUT2D eigenvalue weighted by atomic mass is 35.5. The van der Waals surface area contributed by atoms with E-state index in [0.29, 0.717) is 26.7 Å². The van der Waals surface area contributed by atoms with Gasteiger partial charge in [-0.2, -0.15) is 8.75 Å². The summed E-state index contributed by atoms with van der Waals surface area (Å²) in [4.78, 5) is 0. The van der Waals surface area contributed by atoms with Gasteiger partial charge in [-0.3, -0.25) is 0 Å². The standard InChI is InChI=1S/C8H4Cl3N3S/c9-4-2-1-3-5(10)6(4)12-8-7(11)13-15-14-8/h1-3H,(H,12,14). The second-order valence-electron chi connectivity index (χ2n) is 2.63. The summed E-state index contributed by atoms with van der Waals surface area (Å²) in [7, 11) is 0. The Balaban J connectivity index is 2.36. The van der Waals surface area contributed by atoms with Crippen LogP contribution in [-0.4, -0.2) is 8.75 Å². The zero-order chi connectivity index (χ0) is 10.8. The molecule has 2 rings (SSSR count). The molecular formula is C8H4Cl3N3S. The second-order valence-corrected chi connectivity index (χ2v) is 4.33. The number of aromatic nitrogens is 2. The van der Waals surface area contributed by atoms with Gasteiger partial charge in [-0.25, -0.2) is 0 Å². The first-order valence-corrected chi connectivity index (χ1v) is 5.74. The van der Waals surface area contributed by atoms with E-state index in [0.717, 1.165) is 11.7 Å². The summed E-state index contributed by atoms with van der Waals surface area (Å²) < 4.78 is 7.78. The molecule has 0 aliphatic carbocycles. The van der Waals surface area contributed by atoms with Crippen LogP contribution in [0.25, 0.3) is 0 Å². The number of benzene rings is 1. The van der Waals surface area contributed by atoms with Gasteiger partial charge in [-0.05, 0) is 12.1 Å². The van der Waals surface area contributed by atoms with Crippen LogP contribution in [0.15, 0.2) is 18.2 Å².